The number of nitrogens with zero attached hydrogens (tertiary/aromatic N) is 1. The third-order valence-corrected chi connectivity index (χ3v) is 6.01. The number of nitrogens with one attached hydrogen (secondary N) is 1. The predicted molar refractivity (Wildman–Crippen MR) is 113 cm³/mol. The van der Waals surface area contributed by atoms with Gasteiger partial charge in [-0.1, -0.05) is 12.1 Å². The molecule has 1 N–H and O–H groups in total. The molecule has 0 aliphatic carbocycles. The molecular formula is C23H28N2O5. The highest BCUT2D eigenvalue weighted by atomic mass is 16.7. The summed E-state index contributed by atoms with van der Waals surface area (Å²) in [4.78, 5) is 2.42. The molecule has 3 aliphatic rings. The third kappa shape index (κ3) is 3.81. The highest BCUT2D eigenvalue weighted by molar-refractivity contribution is 5.60. The van der Waals surface area contributed by atoms with Crippen molar-refractivity contribution in [2.24, 2.45) is 5.92 Å². The van der Waals surface area contributed by atoms with E-state index in [-0.39, 0.29) is 12.9 Å². The van der Waals surface area contributed by atoms with E-state index in [9.17, 15) is 0 Å². The Balaban J connectivity index is 1.09. The average molecular weight is 412 g/mol. The van der Waals surface area contributed by atoms with Gasteiger partial charge in [-0.15, -0.1) is 0 Å². The number of hydrogen-bond donors (Lipinski definition) is 1. The van der Waals surface area contributed by atoms with Gasteiger partial charge in [0.1, 0.15) is 18.5 Å². The van der Waals surface area contributed by atoms with Gasteiger partial charge in [0.2, 0.25) is 18.3 Å². The number of benzene rings is 2. The quantitative estimate of drug-likeness (QED) is 0.782. The van der Waals surface area contributed by atoms with Gasteiger partial charge in [0.05, 0.1) is 12.8 Å². The number of methoxy groups -OCH3 is 1. The van der Waals surface area contributed by atoms with Gasteiger partial charge >= 0.3 is 0 Å². The Bertz CT molecular complexity index is 882. The Morgan fingerprint density at radius 3 is 2.60 bits per heavy atom. The lowest BCUT2D eigenvalue weighted by Gasteiger charge is -2.34. The van der Waals surface area contributed by atoms with Gasteiger partial charge in [0.15, 0.2) is 11.5 Å². The number of rotatable bonds is 6. The molecule has 1 atom stereocenters. The van der Waals surface area contributed by atoms with E-state index in [1.165, 1.54) is 5.69 Å². The lowest BCUT2D eigenvalue weighted by atomic mass is 9.96. The fourth-order valence-corrected chi connectivity index (χ4v) is 4.36. The van der Waals surface area contributed by atoms with Crippen molar-refractivity contribution in [2.75, 3.05) is 51.6 Å². The normalized spacial score (nSPS) is 20.3. The zero-order valence-electron chi connectivity index (χ0n) is 17.3. The molecular weight excluding hydrogens is 384 g/mol. The maximum absolute atomic E-state index is 6.15. The van der Waals surface area contributed by atoms with Crippen molar-refractivity contribution in [3.05, 3.63) is 36.4 Å². The monoisotopic (exact) mass is 412 g/mol. The molecule has 3 heterocycles. The molecule has 7 nitrogen and oxygen atoms in total. The van der Waals surface area contributed by atoms with Gasteiger partial charge in [-0.2, -0.15) is 0 Å². The van der Waals surface area contributed by atoms with Gasteiger partial charge in [-0.05, 0) is 49.6 Å². The number of fused-ring (bicyclic) bond motifs is 3. The van der Waals surface area contributed by atoms with Crippen LogP contribution in [0.5, 0.6) is 28.7 Å². The van der Waals surface area contributed by atoms with Crippen LogP contribution in [0.4, 0.5) is 5.69 Å². The van der Waals surface area contributed by atoms with Crippen molar-refractivity contribution in [1.82, 2.24) is 5.32 Å². The molecule has 0 bridgehead atoms. The number of hydrogen-bond acceptors (Lipinski definition) is 7. The maximum atomic E-state index is 6.15. The number of anilines is 1. The summed E-state index contributed by atoms with van der Waals surface area (Å²) in [5.41, 5.74) is 1.19. The zero-order valence-corrected chi connectivity index (χ0v) is 17.3. The van der Waals surface area contributed by atoms with E-state index in [1.807, 2.05) is 24.3 Å². The lowest BCUT2D eigenvalue weighted by molar-refractivity contribution is 0.0838. The second-order valence-corrected chi connectivity index (χ2v) is 7.94. The van der Waals surface area contributed by atoms with Gasteiger partial charge < -0.3 is 33.9 Å². The first-order valence-electron chi connectivity index (χ1n) is 10.6. The van der Waals surface area contributed by atoms with E-state index in [0.717, 1.165) is 50.5 Å². The molecule has 0 unspecified atom stereocenters. The van der Waals surface area contributed by atoms with Crippen LogP contribution in [0.25, 0.3) is 0 Å². The molecule has 1 fully saturated rings. The summed E-state index contributed by atoms with van der Waals surface area (Å²) in [5, 5.41) is 3.58. The Kier molecular flexibility index (Phi) is 5.45. The Morgan fingerprint density at radius 2 is 1.77 bits per heavy atom. The van der Waals surface area contributed by atoms with Crippen LogP contribution in [0.3, 0.4) is 0 Å². The molecule has 5 rings (SSSR count). The zero-order chi connectivity index (χ0) is 20.3. The van der Waals surface area contributed by atoms with Gasteiger partial charge in [-0.25, -0.2) is 0 Å². The van der Waals surface area contributed by atoms with Gasteiger partial charge in [0, 0.05) is 19.6 Å². The van der Waals surface area contributed by atoms with Crippen molar-refractivity contribution < 1.29 is 23.7 Å². The van der Waals surface area contributed by atoms with Crippen molar-refractivity contribution in [3.8, 4) is 28.7 Å². The molecule has 160 valence electrons. The summed E-state index contributed by atoms with van der Waals surface area (Å²) in [7, 11) is 1.73. The predicted octanol–water partition coefficient (Wildman–Crippen LogP) is 3.07. The van der Waals surface area contributed by atoms with E-state index in [2.05, 4.69) is 22.3 Å². The van der Waals surface area contributed by atoms with Crippen LogP contribution in [0.15, 0.2) is 36.4 Å². The van der Waals surface area contributed by atoms with Crippen LogP contribution in [-0.2, 0) is 0 Å². The average Bonchev–Trinajstić information content (AvgIpc) is 3.29. The van der Waals surface area contributed by atoms with Crippen molar-refractivity contribution >= 4 is 5.69 Å². The topological polar surface area (TPSA) is 61.4 Å². The molecule has 2 aromatic carbocycles. The number of ether oxygens (including phenoxy) is 5. The largest absolute Gasteiger partial charge is 0.495 e. The number of para-hydroxylation sites is 2. The van der Waals surface area contributed by atoms with E-state index < -0.39 is 0 Å². The van der Waals surface area contributed by atoms with E-state index in [1.54, 1.807) is 7.11 Å². The van der Waals surface area contributed by atoms with Crippen molar-refractivity contribution in [2.45, 2.75) is 18.9 Å². The molecule has 3 aliphatic heterocycles. The van der Waals surface area contributed by atoms with Crippen LogP contribution in [0, 0.1) is 5.92 Å². The summed E-state index contributed by atoms with van der Waals surface area (Å²) in [6, 6.07) is 12.0. The molecule has 30 heavy (non-hydrogen) atoms. The standard InChI is InChI=1S/C23H28N2O5/c1-26-19-5-3-2-4-18(19)25-10-8-16(9-11-25)12-24-13-17-14-27-21-7-6-20-22(23(21)30-17)29-15-28-20/h2-7,16-17,24H,8-15H2,1H3/t17-/m0/s1. The van der Waals surface area contributed by atoms with E-state index in [4.69, 9.17) is 23.7 Å². The smallest absolute Gasteiger partial charge is 0.231 e. The summed E-state index contributed by atoms with van der Waals surface area (Å²) in [5.74, 6) is 4.36. The molecule has 0 amide bonds. The molecule has 7 heteroatoms. The van der Waals surface area contributed by atoms with Crippen LogP contribution < -0.4 is 33.9 Å². The molecule has 0 radical (unpaired) electrons. The van der Waals surface area contributed by atoms with Crippen LogP contribution >= 0.6 is 0 Å². The van der Waals surface area contributed by atoms with Crippen LogP contribution in [0.1, 0.15) is 12.8 Å². The molecule has 1 saturated heterocycles. The number of piperidine rings is 1. The fraction of sp³-hybridized carbons (Fsp3) is 0.478. The SMILES string of the molecule is COc1ccccc1N1CCC(CNC[C@H]2COc3ccc4c(c3O2)OCO4)CC1. The first-order chi connectivity index (χ1) is 14.8. The minimum Gasteiger partial charge on any atom is -0.495 e. The first kappa shape index (κ1) is 19.2. The first-order valence-corrected chi connectivity index (χ1v) is 10.6. The summed E-state index contributed by atoms with van der Waals surface area (Å²) in [6.45, 7) is 4.59. The summed E-state index contributed by atoms with van der Waals surface area (Å²) >= 11 is 0. The highest BCUT2D eigenvalue weighted by Crippen LogP contribution is 2.48. The lowest BCUT2D eigenvalue weighted by Crippen LogP contribution is -2.42. The molecule has 0 aromatic heterocycles. The van der Waals surface area contributed by atoms with Gasteiger partial charge in [0.25, 0.3) is 0 Å². The maximum Gasteiger partial charge on any atom is 0.231 e. The summed E-state index contributed by atoms with van der Waals surface area (Å²) in [6.07, 6.45) is 2.28. The highest BCUT2D eigenvalue weighted by Gasteiger charge is 2.30. The van der Waals surface area contributed by atoms with E-state index >= 15 is 0 Å². The van der Waals surface area contributed by atoms with E-state index in [0.29, 0.717) is 29.8 Å². The van der Waals surface area contributed by atoms with Crippen molar-refractivity contribution in [1.29, 1.82) is 0 Å². The van der Waals surface area contributed by atoms with Gasteiger partial charge in [-0.3, -0.25) is 0 Å². The molecule has 0 spiro atoms. The Hall–Kier alpha value is -2.80. The second-order valence-electron chi connectivity index (χ2n) is 7.94. The summed E-state index contributed by atoms with van der Waals surface area (Å²) < 4.78 is 28.5. The van der Waals surface area contributed by atoms with Crippen molar-refractivity contribution in [3.63, 3.8) is 0 Å². The second kappa shape index (κ2) is 8.52. The van der Waals surface area contributed by atoms with Crippen LogP contribution in [-0.4, -0.2) is 52.8 Å². The Morgan fingerprint density at radius 1 is 0.967 bits per heavy atom. The fourth-order valence-electron chi connectivity index (χ4n) is 4.36. The minimum atomic E-state index is -0.0399. The minimum absolute atomic E-state index is 0.0399. The third-order valence-electron chi connectivity index (χ3n) is 6.01. The molecule has 2 aromatic rings. The molecule has 0 saturated carbocycles. The Labute approximate surface area is 176 Å². The van der Waals surface area contributed by atoms with Crippen LogP contribution in [0.2, 0.25) is 0 Å².